The Hall–Kier alpha value is -2.93. The summed E-state index contributed by atoms with van der Waals surface area (Å²) in [5.74, 6) is -0.189. The minimum atomic E-state index is -0.104. The van der Waals surface area contributed by atoms with E-state index in [0.29, 0.717) is 24.9 Å². The third-order valence-corrected chi connectivity index (χ3v) is 4.89. The maximum atomic E-state index is 12.3. The largest absolute Gasteiger partial charge is 0.352 e. The molecule has 2 N–H and O–H groups in total. The molecular weight excluding hydrogens is 360 g/mol. The van der Waals surface area contributed by atoms with Crippen LogP contribution in [0.3, 0.4) is 0 Å². The highest BCUT2D eigenvalue weighted by molar-refractivity contribution is 7.08. The number of thiophene rings is 1. The lowest BCUT2D eigenvalue weighted by Gasteiger charge is -2.08. The Balaban J connectivity index is 1.52. The second kappa shape index (κ2) is 8.64. The first-order chi connectivity index (χ1) is 13.1. The lowest BCUT2D eigenvalue weighted by atomic mass is 10.2. The van der Waals surface area contributed by atoms with Crippen molar-refractivity contribution < 1.29 is 9.59 Å². The van der Waals surface area contributed by atoms with E-state index >= 15 is 0 Å². The molecule has 0 atom stereocenters. The van der Waals surface area contributed by atoms with Gasteiger partial charge in [0.25, 0.3) is 5.91 Å². The van der Waals surface area contributed by atoms with Crippen molar-refractivity contribution in [2.45, 2.75) is 26.7 Å². The lowest BCUT2D eigenvalue weighted by Crippen LogP contribution is -2.25. The smallest absolute Gasteiger partial charge is 0.252 e. The molecule has 0 aliphatic rings. The number of para-hydroxylation sites is 1. The lowest BCUT2D eigenvalue weighted by molar-refractivity contribution is -0.116. The highest BCUT2D eigenvalue weighted by atomic mass is 32.1. The predicted octanol–water partition coefficient (Wildman–Crippen LogP) is 3.70. The topological polar surface area (TPSA) is 76.0 Å². The molecule has 140 valence electrons. The number of carbonyl (C=O) groups is 2. The number of anilines is 1. The normalized spacial score (nSPS) is 10.6. The molecule has 0 spiro atoms. The molecule has 0 fully saturated rings. The average molecular weight is 382 g/mol. The molecule has 1 aromatic carbocycles. The van der Waals surface area contributed by atoms with Crippen LogP contribution < -0.4 is 10.6 Å². The fourth-order valence-electron chi connectivity index (χ4n) is 2.79. The summed E-state index contributed by atoms with van der Waals surface area (Å²) in [4.78, 5) is 24.1. The summed E-state index contributed by atoms with van der Waals surface area (Å²) in [6.45, 7) is 4.27. The fourth-order valence-corrected chi connectivity index (χ4v) is 3.43. The molecule has 2 aromatic heterocycles. The zero-order valence-corrected chi connectivity index (χ0v) is 16.2. The third kappa shape index (κ3) is 4.62. The summed E-state index contributed by atoms with van der Waals surface area (Å²) in [6, 6.07) is 11.6. The second-order valence-electron chi connectivity index (χ2n) is 6.21. The summed E-state index contributed by atoms with van der Waals surface area (Å²) >= 11 is 1.48. The van der Waals surface area contributed by atoms with Gasteiger partial charge in [-0.2, -0.15) is 16.4 Å². The van der Waals surface area contributed by atoms with Crippen molar-refractivity contribution in [1.82, 2.24) is 15.1 Å². The molecule has 0 aliphatic carbocycles. The van der Waals surface area contributed by atoms with E-state index in [-0.39, 0.29) is 11.8 Å². The predicted molar refractivity (Wildman–Crippen MR) is 108 cm³/mol. The summed E-state index contributed by atoms with van der Waals surface area (Å²) in [7, 11) is 0. The Morgan fingerprint density at radius 2 is 1.93 bits per heavy atom. The molecule has 0 saturated carbocycles. The summed E-state index contributed by atoms with van der Waals surface area (Å²) < 4.78 is 1.83. The fraction of sp³-hybridized carbons (Fsp3) is 0.250. The van der Waals surface area contributed by atoms with Crippen molar-refractivity contribution in [2.24, 2.45) is 0 Å². The number of nitrogens with one attached hydrogen (secondary N) is 2. The summed E-state index contributed by atoms with van der Waals surface area (Å²) in [6.07, 6.45) is 0.909. The number of aromatic nitrogens is 2. The molecule has 0 bridgehead atoms. The van der Waals surface area contributed by atoms with E-state index in [0.717, 1.165) is 22.8 Å². The molecule has 3 rings (SSSR count). The van der Waals surface area contributed by atoms with Crippen LogP contribution in [0.4, 0.5) is 5.69 Å². The van der Waals surface area contributed by atoms with Crippen LogP contribution in [0, 0.1) is 13.8 Å². The van der Waals surface area contributed by atoms with E-state index in [9.17, 15) is 9.59 Å². The van der Waals surface area contributed by atoms with Crippen molar-refractivity contribution in [3.8, 4) is 5.69 Å². The Labute approximate surface area is 162 Å². The SMILES string of the molecule is Cc1nn(-c2ccccc2)c(C)c1NC(=O)CCCNC(=O)c1ccsc1. The van der Waals surface area contributed by atoms with Gasteiger partial charge in [-0.25, -0.2) is 4.68 Å². The quantitative estimate of drug-likeness (QED) is 0.612. The average Bonchev–Trinajstić information content (AvgIpc) is 3.30. The highest BCUT2D eigenvalue weighted by Gasteiger charge is 2.15. The molecule has 0 radical (unpaired) electrons. The number of aryl methyl sites for hydroxylation is 1. The standard InChI is InChI=1S/C20H22N4O2S/c1-14-19(15(2)24(23-14)17-7-4-3-5-8-17)22-18(25)9-6-11-21-20(26)16-10-12-27-13-16/h3-5,7-8,10,12-13H,6,9,11H2,1-2H3,(H,21,26)(H,22,25). The number of benzene rings is 1. The Kier molecular flexibility index (Phi) is 6.03. The molecule has 3 aromatic rings. The summed E-state index contributed by atoms with van der Waals surface area (Å²) in [5.41, 5.74) is 4.01. The van der Waals surface area contributed by atoms with E-state index in [4.69, 9.17) is 0 Å². The minimum absolute atomic E-state index is 0.0846. The van der Waals surface area contributed by atoms with E-state index in [1.54, 1.807) is 11.4 Å². The second-order valence-corrected chi connectivity index (χ2v) is 6.99. The van der Waals surface area contributed by atoms with Gasteiger partial charge in [-0.1, -0.05) is 18.2 Å². The van der Waals surface area contributed by atoms with E-state index in [1.807, 2.05) is 54.2 Å². The third-order valence-electron chi connectivity index (χ3n) is 4.21. The maximum Gasteiger partial charge on any atom is 0.252 e. The number of carbonyl (C=O) groups excluding carboxylic acids is 2. The van der Waals surface area contributed by atoms with Gasteiger partial charge < -0.3 is 10.6 Å². The minimum Gasteiger partial charge on any atom is -0.352 e. The molecular formula is C20H22N4O2S. The maximum absolute atomic E-state index is 12.3. The number of hydrogen-bond donors (Lipinski definition) is 2. The van der Waals surface area contributed by atoms with Crippen LogP contribution >= 0.6 is 11.3 Å². The van der Waals surface area contributed by atoms with Gasteiger partial charge in [0.2, 0.25) is 5.91 Å². The number of amides is 2. The molecule has 0 saturated heterocycles. The summed E-state index contributed by atoms with van der Waals surface area (Å²) in [5, 5.41) is 14.0. The van der Waals surface area contributed by atoms with Crippen molar-refractivity contribution in [3.63, 3.8) is 0 Å². The van der Waals surface area contributed by atoms with Crippen LogP contribution in [-0.4, -0.2) is 28.1 Å². The van der Waals surface area contributed by atoms with Gasteiger partial charge in [-0.15, -0.1) is 0 Å². The van der Waals surface area contributed by atoms with Crippen LogP contribution in [-0.2, 0) is 4.79 Å². The van der Waals surface area contributed by atoms with Crippen molar-refractivity contribution in [2.75, 3.05) is 11.9 Å². The van der Waals surface area contributed by atoms with Crippen LogP contribution in [0.2, 0.25) is 0 Å². The van der Waals surface area contributed by atoms with Gasteiger partial charge in [-0.05, 0) is 43.8 Å². The molecule has 7 heteroatoms. The first-order valence-electron chi connectivity index (χ1n) is 8.78. The van der Waals surface area contributed by atoms with Crippen LogP contribution in [0.25, 0.3) is 5.69 Å². The molecule has 0 aliphatic heterocycles. The van der Waals surface area contributed by atoms with Crippen LogP contribution in [0.1, 0.15) is 34.6 Å². The van der Waals surface area contributed by atoms with Crippen molar-refractivity contribution in [3.05, 3.63) is 64.1 Å². The van der Waals surface area contributed by atoms with Gasteiger partial charge >= 0.3 is 0 Å². The van der Waals surface area contributed by atoms with E-state index < -0.39 is 0 Å². The van der Waals surface area contributed by atoms with E-state index in [2.05, 4.69) is 15.7 Å². The number of hydrogen-bond acceptors (Lipinski definition) is 4. The molecule has 2 amide bonds. The molecule has 6 nitrogen and oxygen atoms in total. The van der Waals surface area contributed by atoms with Crippen LogP contribution in [0.5, 0.6) is 0 Å². The van der Waals surface area contributed by atoms with Crippen LogP contribution in [0.15, 0.2) is 47.2 Å². The molecule has 0 unspecified atom stereocenters. The van der Waals surface area contributed by atoms with Gasteiger partial charge in [0.05, 0.1) is 22.8 Å². The Morgan fingerprint density at radius 1 is 1.15 bits per heavy atom. The molecule has 2 heterocycles. The molecule has 27 heavy (non-hydrogen) atoms. The van der Waals surface area contributed by atoms with Gasteiger partial charge in [0.15, 0.2) is 0 Å². The van der Waals surface area contributed by atoms with Gasteiger partial charge in [-0.3, -0.25) is 9.59 Å². The first-order valence-corrected chi connectivity index (χ1v) is 9.72. The monoisotopic (exact) mass is 382 g/mol. The zero-order valence-electron chi connectivity index (χ0n) is 15.4. The number of rotatable bonds is 7. The zero-order chi connectivity index (χ0) is 19.2. The first kappa shape index (κ1) is 18.8. The van der Waals surface area contributed by atoms with E-state index in [1.165, 1.54) is 11.3 Å². The number of nitrogens with zero attached hydrogens (tertiary/aromatic N) is 2. The van der Waals surface area contributed by atoms with Crippen molar-refractivity contribution in [1.29, 1.82) is 0 Å². The Morgan fingerprint density at radius 3 is 2.63 bits per heavy atom. The highest BCUT2D eigenvalue weighted by Crippen LogP contribution is 2.22. The van der Waals surface area contributed by atoms with Gasteiger partial charge in [0.1, 0.15) is 0 Å². The van der Waals surface area contributed by atoms with Gasteiger partial charge in [0, 0.05) is 23.9 Å². The Bertz CT molecular complexity index is 917. The van der Waals surface area contributed by atoms with Crippen molar-refractivity contribution >= 4 is 28.8 Å².